The molecule has 3 heteroatoms. The first-order valence-corrected chi connectivity index (χ1v) is 5.47. The summed E-state index contributed by atoms with van der Waals surface area (Å²) in [5.74, 6) is 0. The molecule has 0 saturated carbocycles. The minimum absolute atomic E-state index is 0.396. The van der Waals surface area contributed by atoms with Crippen molar-refractivity contribution >= 4 is 23.0 Å². The van der Waals surface area contributed by atoms with Crippen molar-refractivity contribution in [2.24, 2.45) is 4.99 Å². The van der Waals surface area contributed by atoms with Gasteiger partial charge in [0.25, 0.3) is 0 Å². The molecule has 2 rings (SSSR count). The SMILES string of the molecule is N#CC(=Nc1ccc(Cl)cc1)c1ccccc1. The Morgan fingerprint density at radius 2 is 1.65 bits per heavy atom. The molecule has 0 unspecified atom stereocenters. The molecule has 0 aliphatic heterocycles. The first kappa shape index (κ1) is 11.4. The molecule has 0 saturated heterocycles. The van der Waals surface area contributed by atoms with E-state index in [0.717, 1.165) is 11.3 Å². The van der Waals surface area contributed by atoms with Crippen molar-refractivity contribution in [2.75, 3.05) is 0 Å². The Morgan fingerprint density at radius 3 is 2.24 bits per heavy atom. The molecule has 0 N–H and O–H groups in total. The summed E-state index contributed by atoms with van der Waals surface area (Å²) in [7, 11) is 0. The van der Waals surface area contributed by atoms with Crippen molar-refractivity contribution in [1.29, 1.82) is 5.26 Å². The van der Waals surface area contributed by atoms with E-state index in [2.05, 4.69) is 11.1 Å². The third-order valence-corrected chi connectivity index (χ3v) is 2.47. The number of aliphatic imine (C=N–C) groups is 1. The van der Waals surface area contributed by atoms with E-state index in [-0.39, 0.29) is 0 Å². The summed E-state index contributed by atoms with van der Waals surface area (Å²) in [4.78, 5) is 4.29. The van der Waals surface area contributed by atoms with Crippen molar-refractivity contribution in [3.63, 3.8) is 0 Å². The average Bonchev–Trinajstić information content (AvgIpc) is 2.39. The zero-order valence-corrected chi connectivity index (χ0v) is 9.72. The van der Waals surface area contributed by atoms with Crippen LogP contribution in [0.2, 0.25) is 5.02 Å². The lowest BCUT2D eigenvalue weighted by Gasteiger charge is -1.98. The number of hydrogen-bond donors (Lipinski definition) is 0. The number of rotatable bonds is 2. The van der Waals surface area contributed by atoms with Crippen molar-refractivity contribution in [3.05, 3.63) is 65.2 Å². The van der Waals surface area contributed by atoms with Gasteiger partial charge in [0.15, 0.2) is 0 Å². The number of halogens is 1. The lowest BCUT2D eigenvalue weighted by Crippen LogP contribution is -1.95. The van der Waals surface area contributed by atoms with E-state index in [0.29, 0.717) is 10.7 Å². The topological polar surface area (TPSA) is 36.1 Å². The Kier molecular flexibility index (Phi) is 3.54. The summed E-state index contributed by atoms with van der Waals surface area (Å²) in [6, 6.07) is 18.5. The summed E-state index contributed by atoms with van der Waals surface area (Å²) in [6.45, 7) is 0. The van der Waals surface area contributed by atoms with Crippen LogP contribution < -0.4 is 0 Å². The lowest BCUT2D eigenvalue weighted by molar-refractivity contribution is 1.48. The highest BCUT2D eigenvalue weighted by Crippen LogP contribution is 2.17. The molecule has 0 amide bonds. The van der Waals surface area contributed by atoms with Crippen LogP contribution >= 0.6 is 11.6 Å². The summed E-state index contributed by atoms with van der Waals surface area (Å²) < 4.78 is 0. The first-order chi connectivity index (χ1) is 8.29. The molecule has 2 aromatic rings. The van der Waals surface area contributed by atoms with Gasteiger partial charge in [0.2, 0.25) is 0 Å². The van der Waals surface area contributed by atoms with Crippen LogP contribution in [0.1, 0.15) is 5.56 Å². The largest absolute Gasteiger partial charge is 0.237 e. The molecule has 0 aliphatic carbocycles. The highest BCUT2D eigenvalue weighted by Gasteiger charge is 2.01. The van der Waals surface area contributed by atoms with Gasteiger partial charge in [-0.3, -0.25) is 0 Å². The van der Waals surface area contributed by atoms with E-state index in [9.17, 15) is 0 Å². The van der Waals surface area contributed by atoms with Crippen LogP contribution in [0.25, 0.3) is 0 Å². The second kappa shape index (κ2) is 5.29. The van der Waals surface area contributed by atoms with E-state index in [1.807, 2.05) is 30.3 Å². The van der Waals surface area contributed by atoms with Gasteiger partial charge in [0.05, 0.1) is 5.69 Å². The molecule has 0 aromatic heterocycles. The van der Waals surface area contributed by atoms with E-state index < -0.39 is 0 Å². The molecule has 0 bridgehead atoms. The highest BCUT2D eigenvalue weighted by molar-refractivity contribution is 6.30. The summed E-state index contributed by atoms with van der Waals surface area (Å²) >= 11 is 5.79. The first-order valence-electron chi connectivity index (χ1n) is 5.09. The van der Waals surface area contributed by atoms with E-state index in [4.69, 9.17) is 16.9 Å². The minimum Gasteiger partial charge on any atom is -0.237 e. The molecular formula is C14H9ClN2. The van der Waals surface area contributed by atoms with E-state index >= 15 is 0 Å². The van der Waals surface area contributed by atoms with Gasteiger partial charge in [-0.1, -0.05) is 41.9 Å². The van der Waals surface area contributed by atoms with Gasteiger partial charge in [0, 0.05) is 10.6 Å². The molecule has 2 nitrogen and oxygen atoms in total. The molecule has 17 heavy (non-hydrogen) atoms. The lowest BCUT2D eigenvalue weighted by atomic mass is 10.1. The van der Waals surface area contributed by atoms with Gasteiger partial charge in [0.1, 0.15) is 11.8 Å². The molecule has 2 aromatic carbocycles. The van der Waals surface area contributed by atoms with Crippen molar-refractivity contribution < 1.29 is 0 Å². The van der Waals surface area contributed by atoms with Crippen LogP contribution in [0.5, 0.6) is 0 Å². The monoisotopic (exact) mass is 240 g/mol. The molecule has 0 heterocycles. The van der Waals surface area contributed by atoms with Crippen LogP contribution in [-0.2, 0) is 0 Å². The number of nitriles is 1. The van der Waals surface area contributed by atoms with E-state index in [1.54, 1.807) is 24.3 Å². The number of benzene rings is 2. The van der Waals surface area contributed by atoms with Crippen LogP contribution in [0, 0.1) is 11.3 Å². The smallest absolute Gasteiger partial charge is 0.148 e. The molecule has 0 aliphatic rings. The molecule has 82 valence electrons. The zero-order chi connectivity index (χ0) is 12.1. The van der Waals surface area contributed by atoms with Crippen molar-refractivity contribution in [2.45, 2.75) is 0 Å². The molecule has 0 spiro atoms. The van der Waals surface area contributed by atoms with Crippen LogP contribution in [0.3, 0.4) is 0 Å². The van der Waals surface area contributed by atoms with Crippen LogP contribution in [0.15, 0.2) is 59.6 Å². The van der Waals surface area contributed by atoms with Crippen molar-refractivity contribution in [1.82, 2.24) is 0 Å². The molecule has 0 fully saturated rings. The molecular weight excluding hydrogens is 232 g/mol. The Hall–Kier alpha value is -2.11. The van der Waals surface area contributed by atoms with Gasteiger partial charge in [-0.15, -0.1) is 0 Å². The molecule has 0 atom stereocenters. The standard InChI is InChI=1S/C14H9ClN2/c15-12-6-8-13(9-7-12)17-14(10-16)11-4-2-1-3-5-11/h1-9H. The summed E-state index contributed by atoms with van der Waals surface area (Å²) in [5.41, 5.74) is 1.92. The Bertz CT molecular complexity index is 565. The summed E-state index contributed by atoms with van der Waals surface area (Å²) in [6.07, 6.45) is 0. The Balaban J connectivity index is 2.37. The fraction of sp³-hybridized carbons (Fsp3) is 0. The zero-order valence-electron chi connectivity index (χ0n) is 8.97. The minimum atomic E-state index is 0.396. The maximum atomic E-state index is 9.09. The van der Waals surface area contributed by atoms with Gasteiger partial charge in [-0.2, -0.15) is 5.26 Å². The number of hydrogen-bond acceptors (Lipinski definition) is 2. The van der Waals surface area contributed by atoms with Gasteiger partial charge >= 0.3 is 0 Å². The third kappa shape index (κ3) is 2.93. The quantitative estimate of drug-likeness (QED) is 0.732. The highest BCUT2D eigenvalue weighted by atomic mass is 35.5. The third-order valence-electron chi connectivity index (χ3n) is 2.22. The summed E-state index contributed by atoms with van der Waals surface area (Å²) in [5, 5.41) is 9.74. The normalized spacial score (nSPS) is 10.9. The second-order valence-electron chi connectivity index (χ2n) is 3.41. The fourth-order valence-corrected chi connectivity index (χ4v) is 1.52. The van der Waals surface area contributed by atoms with E-state index in [1.165, 1.54) is 0 Å². The second-order valence-corrected chi connectivity index (χ2v) is 3.85. The fourth-order valence-electron chi connectivity index (χ4n) is 1.39. The average molecular weight is 241 g/mol. The Morgan fingerprint density at radius 1 is 1.00 bits per heavy atom. The maximum Gasteiger partial charge on any atom is 0.148 e. The van der Waals surface area contributed by atoms with Gasteiger partial charge < -0.3 is 0 Å². The van der Waals surface area contributed by atoms with Gasteiger partial charge in [-0.05, 0) is 24.3 Å². The molecule has 0 radical (unpaired) electrons. The maximum absolute atomic E-state index is 9.09. The number of nitrogens with zero attached hydrogens (tertiary/aromatic N) is 2. The van der Waals surface area contributed by atoms with Crippen LogP contribution in [-0.4, -0.2) is 5.71 Å². The predicted molar refractivity (Wildman–Crippen MR) is 69.7 cm³/mol. The predicted octanol–water partition coefficient (Wildman–Crippen LogP) is 3.98. The Labute approximate surface area is 105 Å². The van der Waals surface area contributed by atoms with Crippen LogP contribution in [0.4, 0.5) is 5.69 Å². The van der Waals surface area contributed by atoms with Crippen molar-refractivity contribution in [3.8, 4) is 6.07 Å². The van der Waals surface area contributed by atoms with Gasteiger partial charge in [-0.25, -0.2) is 4.99 Å².